The fraction of sp³-hybridized carbons (Fsp3) is 0.250. The molecule has 0 spiro atoms. The number of halogens is 1. The van der Waals surface area contributed by atoms with E-state index in [1.165, 1.54) is 11.3 Å². The van der Waals surface area contributed by atoms with Crippen LogP contribution in [-0.4, -0.2) is 18.6 Å². The Morgan fingerprint density at radius 3 is 2.84 bits per heavy atom. The van der Waals surface area contributed by atoms with Gasteiger partial charge < -0.3 is 4.52 Å². The van der Waals surface area contributed by atoms with Crippen molar-refractivity contribution in [1.82, 2.24) is 10.1 Å². The van der Waals surface area contributed by atoms with Crippen LogP contribution in [0, 0.1) is 6.92 Å². The highest BCUT2D eigenvalue weighted by Gasteiger charge is 2.30. The Hall–Kier alpha value is -1.90. The van der Waals surface area contributed by atoms with E-state index < -0.39 is 10.0 Å². The highest BCUT2D eigenvalue weighted by atomic mass is 35.5. The second-order valence-corrected chi connectivity index (χ2v) is 9.22. The predicted octanol–water partition coefficient (Wildman–Crippen LogP) is 4.44. The van der Waals surface area contributed by atoms with Gasteiger partial charge in [-0.05, 0) is 44.0 Å². The third kappa shape index (κ3) is 3.42. The second kappa shape index (κ2) is 6.12. The Morgan fingerprint density at radius 1 is 1.32 bits per heavy atom. The van der Waals surface area contributed by atoms with Crippen LogP contribution >= 0.6 is 22.9 Å². The molecular weight excluding hydrogens is 382 g/mol. The van der Waals surface area contributed by atoms with Crippen molar-refractivity contribution < 1.29 is 12.9 Å². The lowest BCUT2D eigenvalue weighted by Gasteiger charge is -2.07. The van der Waals surface area contributed by atoms with Crippen molar-refractivity contribution in [2.45, 2.75) is 30.6 Å². The summed E-state index contributed by atoms with van der Waals surface area (Å²) in [5.74, 6) is 1.41. The summed E-state index contributed by atoms with van der Waals surface area (Å²) in [7, 11) is -3.73. The normalized spacial score (nSPS) is 14.6. The fourth-order valence-electron chi connectivity index (χ4n) is 2.44. The van der Waals surface area contributed by atoms with E-state index in [-0.39, 0.29) is 4.90 Å². The monoisotopic (exact) mass is 395 g/mol. The summed E-state index contributed by atoms with van der Waals surface area (Å²) >= 11 is 7.23. The van der Waals surface area contributed by atoms with Crippen molar-refractivity contribution in [3.8, 4) is 10.7 Å². The van der Waals surface area contributed by atoms with E-state index in [1.54, 1.807) is 37.3 Å². The van der Waals surface area contributed by atoms with Crippen molar-refractivity contribution >= 4 is 38.6 Å². The lowest BCUT2D eigenvalue weighted by molar-refractivity contribution is 0.380. The standard InChI is InChI=1S/C16H14ClN3O3S2/c1-9-14(25(21,22)20-12-4-2-3-11(17)7-12)8-13(24-9)15-18-16(23-19-15)10-5-6-10/h2-4,7-8,10,20H,5-6H2,1H3. The van der Waals surface area contributed by atoms with Gasteiger partial charge in [-0.3, -0.25) is 4.72 Å². The van der Waals surface area contributed by atoms with Gasteiger partial charge in [-0.2, -0.15) is 4.98 Å². The molecule has 0 atom stereocenters. The van der Waals surface area contributed by atoms with Crippen LogP contribution in [-0.2, 0) is 10.0 Å². The SMILES string of the molecule is Cc1sc(-c2noc(C3CC3)n2)cc1S(=O)(=O)Nc1cccc(Cl)c1. The first-order valence-corrected chi connectivity index (χ1v) is 10.3. The number of nitrogens with zero attached hydrogens (tertiary/aromatic N) is 2. The molecule has 0 aliphatic heterocycles. The molecule has 0 unspecified atom stereocenters. The Labute approximate surface area is 153 Å². The van der Waals surface area contributed by atoms with Crippen molar-refractivity contribution in [3.63, 3.8) is 0 Å². The van der Waals surface area contributed by atoms with Crippen LogP contribution in [0.5, 0.6) is 0 Å². The van der Waals surface area contributed by atoms with E-state index in [2.05, 4.69) is 14.9 Å². The van der Waals surface area contributed by atoms with E-state index >= 15 is 0 Å². The minimum atomic E-state index is -3.73. The molecular formula is C16H14ClN3O3S2. The minimum Gasteiger partial charge on any atom is -0.339 e. The van der Waals surface area contributed by atoms with E-state index in [0.29, 0.717) is 38.1 Å². The summed E-state index contributed by atoms with van der Waals surface area (Å²) in [5, 5.41) is 4.43. The number of thiophene rings is 1. The summed E-state index contributed by atoms with van der Waals surface area (Å²) in [4.78, 5) is 5.90. The van der Waals surface area contributed by atoms with Gasteiger partial charge in [-0.1, -0.05) is 22.8 Å². The molecule has 0 saturated heterocycles. The van der Waals surface area contributed by atoms with Gasteiger partial charge in [-0.15, -0.1) is 11.3 Å². The molecule has 4 rings (SSSR count). The first-order chi connectivity index (χ1) is 11.9. The van der Waals surface area contributed by atoms with E-state index in [4.69, 9.17) is 16.1 Å². The molecule has 1 aliphatic carbocycles. The Bertz CT molecular complexity index is 1040. The molecule has 2 heterocycles. The highest BCUT2D eigenvalue weighted by molar-refractivity contribution is 7.93. The molecule has 130 valence electrons. The molecule has 3 aromatic rings. The number of benzene rings is 1. The maximum absolute atomic E-state index is 12.7. The number of aromatic nitrogens is 2. The van der Waals surface area contributed by atoms with Crippen LogP contribution in [0.4, 0.5) is 5.69 Å². The molecule has 25 heavy (non-hydrogen) atoms. The smallest absolute Gasteiger partial charge is 0.263 e. The molecule has 1 aromatic carbocycles. The lowest BCUT2D eigenvalue weighted by Crippen LogP contribution is -2.13. The average Bonchev–Trinajstić information content (AvgIpc) is 3.13. The number of nitrogens with one attached hydrogen (secondary N) is 1. The first kappa shape index (κ1) is 16.6. The second-order valence-electron chi connectivity index (χ2n) is 5.88. The Balaban J connectivity index is 1.64. The van der Waals surface area contributed by atoms with Crippen LogP contribution in [0.1, 0.15) is 29.5 Å². The van der Waals surface area contributed by atoms with E-state index in [1.807, 2.05) is 0 Å². The minimum absolute atomic E-state index is 0.199. The summed E-state index contributed by atoms with van der Waals surface area (Å²) < 4.78 is 33.2. The highest BCUT2D eigenvalue weighted by Crippen LogP contribution is 2.40. The van der Waals surface area contributed by atoms with Gasteiger partial charge in [0.15, 0.2) is 0 Å². The molecule has 1 aliphatic rings. The number of anilines is 1. The molecule has 1 N–H and O–H groups in total. The number of hydrogen-bond donors (Lipinski definition) is 1. The van der Waals surface area contributed by atoms with Gasteiger partial charge in [0, 0.05) is 15.8 Å². The molecule has 0 amide bonds. The molecule has 1 fully saturated rings. The quantitative estimate of drug-likeness (QED) is 0.690. The fourth-order valence-corrected chi connectivity index (χ4v) is 5.19. The predicted molar refractivity (Wildman–Crippen MR) is 96.6 cm³/mol. The van der Waals surface area contributed by atoms with Crippen LogP contribution < -0.4 is 4.72 Å². The lowest BCUT2D eigenvalue weighted by atomic mass is 10.3. The first-order valence-electron chi connectivity index (χ1n) is 7.65. The number of hydrogen-bond acceptors (Lipinski definition) is 6. The molecule has 2 aromatic heterocycles. The van der Waals surface area contributed by atoms with E-state index in [0.717, 1.165) is 12.8 Å². The zero-order valence-corrected chi connectivity index (χ0v) is 15.6. The van der Waals surface area contributed by atoms with Crippen molar-refractivity contribution in [2.75, 3.05) is 4.72 Å². The van der Waals surface area contributed by atoms with Gasteiger partial charge >= 0.3 is 0 Å². The van der Waals surface area contributed by atoms with Gasteiger partial charge in [0.05, 0.1) is 10.6 Å². The van der Waals surface area contributed by atoms with Crippen molar-refractivity contribution in [1.29, 1.82) is 0 Å². The molecule has 6 nitrogen and oxygen atoms in total. The van der Waals surface area contributed by atoms with Gasteiger partial charge in [0.2, 0.25) is 11.7 Å². The third-order valence-electron chi connectivity index (χ3n) is 3.83. The van der Waals surface area contributed by atoms with Crippen molar-refractivity contribution in [3.05, 3.63) is 46.1 Å². The molecule has 9 heteroatoms. The maximum atomic E-state index is 12.7. The average molecular weight is 396 g/mol. The van der Waals surface area contributed by atoms with Crippen LogP contribution in [0.25, 0.3) is 10.7 Å². The van der Waals surface area contributed by atoms with Gasteiger partial charge in [0.1, 0.15) is 4.90 Å². The third-order valence-corrected chi connectivity index (χ3v) is 6.75. The zero-order valence-electron chi connectivity index (χ0n) is 13.2. The number of rotatable bonds is 5. The zero-order chi connectivity index (χ0) is 17.6. The summed E-state index contributed by atoms with van der Waals surface area (Å²) in [6.45, 7) is 1.75. The van der Waals surface area contributed by atoms with Crippen LogP contribution in [0.2, 0.25) is 5.02 Å². The molecule has 0 radical (unpaired) electrons. The molecule has 1 saturated carbocycles. The summed E-state index contributed by atoms with van der Waals surface area (Å²) in [6.07, 6.45) is 2.13. The van der Waals surface area contributed by atoms with Crippen LogP contribution in [0.3, 0.4) is 0 Å². The molecule has 0 bridgehead atoms. The Morgan fingerprint density at radius 2 is 2.12 bits per heavy atom. The number of aryl methyl sites for hydroxylation is 1. The maximum Gasteiger partial charge on any atom is 0.263 e. The summed E-state index contributed by atoms with van der Waals surface area (Å²) in [6, 6.07) is 8.15. The van der Waals surface area contributed by atoms with Gasteiger partial charge in [-0.25, -0.2) is 8.42 Å². The number of sulfonamides is 1. The van der Waals surface area contributed by atoms with E-state index in [9.17, 15) is 8.42 Å². The van der Waals surface area contributed by atoms with Crippen molar-refractivity contribution in [2.24, 2.45) is 0 Å². The Kier molecular flexibility index (Phi) is 4.05. The largest absolute Gasteiger partial charge is 0.339 e. The summed E-state index contributed by atoms with van der Waals surface area (Å²) in [5.41, 5.74) is 0.412. The topological polar surface area (TPSA) is 85.1 Å². The van der Waals surface area contributed by atoms with Crippen LogP contribution in [0.15, 0.2) is 39.8 Å². The van der Waals surface area contributed by atoms with Gasteiger partial charge in [0.25, 0.3) is 10.0 Å².